The molecule has 0 radical (unpaired) electrons. The van der Waals surface area contributed by atoms with Gasteiger partial charge in [0.05, 0.1) is 5.69 Å². The average Bonchev–Trinajstić information content (AvgIpc) is 2.74. The lowest BCUT2D eigenvalue weighted by Crippen LogP contribution is -2.48. The molecule has 1 aromatic rings. The molecule has 2 aliphatic rings. The van der Waals surface area contributed by atoms with E-state index < -0.39 is 0 Å². The van der Waals surface area contributed by atoms with Crippen molar-refractivity contribution in [2.24, 2.45) is 23.5 Å². The first-order chi connectivity index (χ1) is 9.13. The zero-order valence-corrected chi connectivity index (χ0v) is 12.1. The largest absolute Gasteiger partial charge is 0.327 e. The van der Waals surface area contributed by atoms with Crippen molar-refractivity contribution in [2.75, 3.05) is 5.32 Å². The van der Waals surface area contributed by atoms with Crippen molar-refractivity contribution in [1.82, 2.24) is 4.98 Å². The number of hydrogen-bond acceptors (Lipinski definition) is 4. The molecular formula is C14H21N3OS. The van der Waals surface area contributed by atoms with Gasteiger partial charge in [-0.3, -0.25) is 4.79 Å². The Hall–Kier alpha value is -0.940. The second-order valence-electron chi connectivity index (χ2n) is 5.98. The van der Waals surface area contributed by atoms with E-state index in [0.717, 1.165) is 23.7 Å². The van der Waals surface area contributed by atoms with Crippen molar-refractivity contribution >= 4 is 22.4 Å². The smallest absolute Gasteiger partial charge is 0.229 e. The second-order valence-corrected chi connectivity index (χ2v) is 6.84. The highest BCUT2D eigenvalue weighted by atomic mass is 32.1. The molecule has 3 rings (SSSR count). The number of carbonyl (C=O) groups excluding carboxylic acids is 1. The van der Waals surface area contributed by atoms with E-state index in [0.29, 0.717) is 17.9 Å². The van der Waals surface area contributed by atoms with E-state index in [-0.39, 0.29) is 11.8 Å². The van der Waals surface area contributed by atoms with Gasteiger partial charge in [-0.2, -0.15) is 0 Å². The van der Waals surface area contributed by atoms with Crippen LogP contribution in [-0.2, 0) is 4.79 Å². The fraction of sp³-hybridized carbons (Fsp3) is 0.714. The molecule has 2 saturated carbocycles. The highest BCUT2D eigenvalue weighted by Gasteiger charge is 2.40. The van der Waals surface area contributed by atoms with Crippen LogP contribution in [0.5, 0.6) is 0 Å². The standard InChI is InChI=1S/C14H21N3OS/c1-8-7-19-14(16-8)17-13(18)11-5-9-3-2-4-10(6-11)12(9)15/h7,9-12H,2-6,15H2,1H3,(H,16,17,18). The van der Waals surface area contributed by atoms with Gasteiger partial charge in [-0.15, -0.1) is 11.3 Å². The molecule has 104 valence electrons. The van der Waals surface area contributed by atoms with Crippen LogP contribution in [0.2, 0.25) is 0 Å². The topological polar surface area (TPSA) is 68.0 Å². The molecule has 19 heavy (non-hydrogen) atoms. The van der Waals surface area contributed by atoms with Crippen molar-refractivity contribution in [1.29, 1.82) is 0 Å². The Morgan fingerprint density at radius 3 is 2.68 bits per heavy atom. The van der Waals surface area contributed by atoms with E-state index in [1.54, 1.807) is 0 Å². The van der Waals surface area contributed by atoms with Crippen LogP contribution in [0, 0.1) is 24.7 Å². The lowest BCUT2D eigenvalue weighted by molar-refractivity contribution is -0.122. The van der Waals surface area contributed by atoms with Crippen molar-refractivity contribution in [3.63, 3.8) is 0 Å². The number of aryl methyl sites for hydroxylation is 1. The summed E-state index contributed by atoms with van der Waals surface area (Å²) in [4.78, 5) is 16.6. The van der Waals surface area contributed by atoms with Crippen molar-refractivity contribution in [3.05, 3.63) is 11.1 Å². The van der Waals surface area contributed by atoms with Crippen LogP contribution in [0.25, 0.3) is 0 Å². The van der Waals surface area contributed by atoms with Crippen LogP contribution in [0.4, 0.5) is 5.13 Å². The predicted octanol–water partition coefficient (Wildman–Crippen LogP) is 2.54. The normalized spacial score (nSPS) is 34.0. The van der Waals surface area contributed by atoms with E-state index in [2.05, 4.69) is 10.3 Å². The molecule has 2 atom stereocenters. The molecule has 1 amide bonds. The van der Waals surface area contributed by atoms with Gasteiger partial charge >= 0.3 is 0 Å². The number of fused-ring (bicyclic) bond motifs is 2. The average molecular weight is 279 g/mol. The maximum Gasteiger partial charge on any atom is 0.229 e. The number of anilines is 1. The third-order valence-corrected chi connectivity index (χ3v) is 5.51. The minimum Gasteiger partial charge on any atom is -0.327 e. The van der Waals surface area contributed by atoms with Gasteiger partial charge < -0.3 is 11.1 Å². The first kappa shape index (κ1) is 13.1. The van der Waals surface area contributed by atoms with Gasteiger partial charge in [-0.1, -0.05) is 6.42 Å². The van der Waals surface area contributed by atoms with Crippen LogP contribution >= 0.6 is 11.3 Å². The molecule has 0 aromatic carbocycles. The third kappa shape index (κ3) is 2.67. The van der Waals surface area contributed by atoms with Gasteiger partial charge in [0.1, 0.15) is 0 Å². The molecule has 2 fully saturated rings. The molecule has 2 aliphatic carbocycles. The first-order valence-electron chi connectivity index (χ1n) is 7.12. The van der Waals surface area contributed by atoms with E-state index in [9.17, 15) is 4.79 Å². The lowest BCUT2D eigenvalue weighted by atomic mass is 9.65. The quantitative estimate of drug-likeness (QED) is 0.874. The zero-order valence-electron chi connectivity index (χ0n) is 11.3. The number of rotatable bonds is 2. The second kappa shape index (κ2) is 5.21. The molecule has 2 bridgehead atoms. The summed E-state index contributed by atoms with van der Waals surface area (Å²) in [6, 6.07) is 0.319. The van der Waals surface area contributed by atoms with Crippen LogP contribution in [0.15, 0.2) is 5.38 Å². The minimum absolute atomic E-state index is 0.124. The number of nitrogens with zero attached hydrogens (tertiary/aromatic N) is 1. The monoisotopic (exact) mass is 279 g/mol. The summed E-state index contributed by atoms with van der Waals surface area (Å²) >= 11 is 1.50. The molecule has 0 spiro atoms. The predicted molar refractivity (Wildman–Crippen MR) is 77.0 cm³/mol. The molecule has 0 aliphatic heterocycles. The summed E-state index contributed by atoms with van der Waals surface area (Å²) in [5.41, 5.74) is 7.22. The summed E-state index contributed by atoms with van der Waals surface area (Å²) in [6.45, 7) is 1.94. The lowest BCUT2D eigenvalue weighted by Gasteiger charge is -2.43. The number of thiazole rings is 1. The molecule has 4 nitrogen and oxygen atoms in total. The Kier molecular flexibility index (Phi) is 3.58. The van der Waals surface area contributed by atoms with Gasteiger partial charge in [0, 0.05) is 17.3 Å². The van der Waals surface area contributed by atoms with Crippen LogP contribution in [0.3, 0.4) is 0 Å². The van der Waals surface area contributed by atoms with Gasteiger partial charge in [0.25, 0.3) is 0 Å². The number of aromatic nitrogens is 1. The Morgan fingerprint density at radius 1 is 1.42 bits per heavy atom. The highest BCUT2D eigenvalue weighted by Crippen LogP contribution is 2.42. The Labute approximate surface area is 117 Å². The third-order valence-electron chi connectivity index (χ3n) is 4.63. The molecule has 0 saturated heterocycles. The Bertz CT molecular complexity index is 459. The SMILES string of the molecule is Cc1csc(NC(=O)C2CC3CCCC(C2)C3N)n1. The van der Waals surface area contributed by atoms with E-state index in [1.165, 1.54) is 30.6 Å². The van der Waals surface area contributed by atoms with Crippen LogP contribution in [0.1, 0.15) is 37.8 Å². The van der Waals surface area contributed by atoms with Gasteiger partial charge in [0.15, 0.2) is 5.13 Å². The van der Waals surface area contributed by atoms with E-state index >= 15 is 0 Å². The highest BCUT2D eigenvalue weighted by molar-refractivity contribution is 7.13. The summed E-state index contributed by atoms with van der Waals surface area (Å²) in [5, 5.41) is 5.65. The maximum absolute atomic E-state index is 12.3. The molecule has 2 unspecified atom stereocenters. The van der Waals surface area contributed by atoms with E-state index in [4.69, 9.17) is 5.73 Å². The van der Waals surface area contributed by atoms with E-state index in [1.807, 2.05) is 12.3 Å². The van der Waals surface area contributed by atoms with Gasteiger partial charge in [-0.05, 0) is 44.4 Å². The first-order valence-corrected chi connectivity index (χ1v) is 8.00. The number of hydrogen-bond donors (Lipinski definition) is 2. The molecule has 3 N–H and O–H groups in total. The number of carbonyl (C=O) groups is 1. The van der Waals surface area contributed by atoms with Gasteiger partial charge in [0.2, 0.25) is 5.91 Å². The summed E-state index contributed by atoms with van der Waals surface area (Å²) in [5.74, 6) is 1.35. The summed E-state index contributed by atoms with van der Waals surface area (Å²) < 4.78 is 0. The number of nitrogens with one attached hydrogen (secondary N) is 1. The number of amides is 1. The minimum atomic E-state index is 0.124. The van der Waals surface area contributed by atoms with Crippen molar-refractivity contribution in [2.45, 2.75) is 45.1 Å². The Balaban J connectivity index is 1.64. The summed E-state index contributed by atoms with van der Waals surface area (Å²) in [7, 11) is 0. The Morgan fingerprint density at radius 2 is 2.11 bits per heavy atom. The molecule has 1 aromatic heterocycles. The maximum atomic E-state index is 12.3. The fourth-order valence-corrected chi connectivity index (χ4v) is 4.31. The van der Waals surface area contributed by atoms with Crippen molar-refractivity contribution in [3.8, 4) is 0 Å². The molecular weight excluding hydrogens is 258 g/mol. The molecule has 1 heterocycles. The fourth-order valence-electron chi connectivity index (χ4n) is 3.62. The van der Waals surface area contributed by atoms with Crippen LogP contribution in [-0.4, -0.2) is 16.9 Å². The summed E-state index contributed by atoms with van der Waals surface area (Å²) in [6.07, 6.45) is 5.57. The van der Waals surface area contributed by atoms with Gasteiger partial charge in [-0.25, -0.2) is 4.98 Å². The van der Waals surface area contributed by atoms with Crippen LogP contribution < -0.4 is 11.1 Å². The molecule has 5 heteroatoms. The zero-order chi connectivity index (χ0) is 13.4. The van der Waals surface area contributed by atoms with Crippen molar-refractivity contribution < 1.29 is 4.79 Å². The number of nitrogens with two attached hydrogens (primary N) is 1.